The highest BCUT2D eigenvalue weighted by Crippen LogP contribution is 2.25. The molecule has 1 aliphatic rings. The van der Waals surface area contributed by atoms with Crippen LogP contribution in [-0.2, 0) is 6.54 Å². The van der Waals surface area contributed by atoms with Crippen LogP contribution in [0.5, 0.6) is 5.75 Å². The van der Waals surface area contributed by atoms with Crippen LogP contribution in [0.25, 0.3) is 0 Å². The number of nitrogens with one attached hydrogen (secondary N) is 1. The molecule has 0 saturated heterocycles. The number of hydrogen-bond acceptors (Lipinski definition) is 3. The minimum absolute atomic E-state index is 0.267. The molecule has 0 bridgehead atoms. The summed E-state index contributed by atoms with van der Waals surface area (Å²) in [6.45, 7) is 13.9. The predicted octanol–water partition coefficient (Wildman–Crippen LogP) is 2.91. The number of ether oxygens (including phenoxy) is 1. The molecule has 112 valence electrons. The molecule has 3 heteroatoms. The molecule has 1 N–H and O–H groups in total. The molecule has 1 atom stereocenters. The maximum atomic E-state index is 5.84. The van der Waals surface area contributed by atoms with Gasteiger partial charge in [-0.05, 0) is 18.0 Å². The van der Waals surface area contributed by atoms with E-state index in [0.29, 0.717) is 6.04 Å². The molecule has 0 saturated carbocycles. The second-order valence-electron chi connectivity index (χ2n) is 6.67. The maximum Gasteiger partial charge on any atom is 0.123 e. The smallest absolute Gasteiger partial charge is 0.123 e. The minimum atomic E-state index is 0.267. The molecule has 0 aliphatic carbocycles. The molecular weight excluding hydrogens is 248 g/mol. The zero-order valence-corrected chi connectivity index (χ0v) is 13.3. The maximum absolute atomic E-state index is 5.84. The van der Waals surface area contributed by atoms with Crippen LogP contribution in [-0.4, -0.2) is 37.2 Å². The molecule has 2 rings (SSSR count). The molecule has 1 unspecified atom stereocenters. The lowest BCUT2D eigenvalue weighted by Gasteiger charge is -2.35. The molecule has 3 nitrogen and oxygen atoms in total. The summed E-state index contributed by atoms with van der Waals surface area (Å²) in [5, 5.41) is 3.63. The Morgan fingerprint density at radius 2 is 2.05 bits per heavy atom. The highest BCUT2D eigenvalue weighted by atomic mass is 16.5. The van der Waals surface area contributed by atoms with Crippen LogP contribution >= 0.6 is 0 Å². The van der Waals surface area contributed by atoms with E-state index < -0.39 is 0 Å². The summed E-state index contributed by atoms with van der Waals surface area (Å²) in [4.78, 5) is 2.50. The number of hydrogen-bond donors (Lipinski definition) is 1. The monoisotopic (exact) mass is 276 g/mol. The Morgan fingerprint density at radius 1 is 1.30 bits per heavy atom. The Hall–Kier alpha value is -1.06. The van der Waals surface area contributed by atoms with Crippen molar-refractivity contribution >= 4 is 0 Å². The number of benzene rings is 1. The van der Waals surface area contributed by atoms with Crippen molar-refractivity contribution in [1.29, 1.82) is 0 Å². The minimum Gasteiger partial charge on any atom is -0.492 e. The largest absolute Gasteiger partial charge is 0.492 e. The third-order valence-electron chi connectivity index (χ3n) is 3.97. The number of rotatable bonds is 4. The summed E-state index contributed by atoms with van der Waals surface area (Å²) in [5.41, 5.74) is 1.57. The lowest BCUT2D eigenvalue weighted by Crippen LogP contribution is -2.48. The van der Waals surface area contributed by atoms with E-state index in [0.717, 1.165) is 38.5 Å². The van der Waals surface area contributed by atoms with Crippen LogP contribution in [0.2, 0.25) is 0 Å². The van der Waals surface area contributed by atoms with E-state index in [1.165, 1.54) is 5.56 Å². The Bertz CT molecular complexity index is 425. The molecular formula is C17H28N2O. The molecule has 1 aromatic carbocycles. The van der Waals surface area contributed by atoms with Gasteiger partial charge in [-0.3, -0.25) is 4.90 Å². The second-order valence-corrected chi connectivity index (χ2v) is 6.67. The fourth-order valence-corrected chi connectivity index (χ4v) is 2.68. The van der Waals surface area contributed by atoms with Gasteiger partial charge in [0.05, 0.1) is 0 Å². The van der Waals surface area contributed by atoms with Gasteiger partial charge in [-0.2, -0.15) is 0 Å². The standard InChI is InChI=1S/C17H28N2O/c1-5-18-16(17(2,3)4)13-19-10-11-20-15-9-7-6-8-14(15)12-19/h6-9,16,18H,5,10-13H2,1-4H3. The first-order chi connectivity index (χ1) is 9.50. The van der Waals surface area contributed by atoms with E-state index >= 15 is 0 Å². The van der Waals surface area contributed by atoms with Crippen molar-refractivity contribution in [2.75, 3.05) is 26.2 Å². The Morgan fingerprint density at radius 3 is 2.75 bits per heavy atom. The summed E-state index contributed by atoms with van der Waals surface area (Å²) in [7, 11) is 0. The van der Waals surface area contributed by atoms with Gasteiger partial charge in [0.1, 0.15) is 12.4 Å². The van der Waals surface area contributed by atoms with Crippen LogP contribution in [0, 0.1) is 5.41 Å². The van der Waals surface area contributed by atoms with Crippen molar-refractivity contribution in [3.8, 4) is 5.75 Å². The Labute approximate surface area is 123 Å². The zero-order chi connectivity index (χ0) is 14.6. The number of likely N-dealkylation sites (N-methyl/N-ethyl adjacent to an activating group) is 1. The zero-order valence-electron chi connectivity index (χ0n) is 13.3. The number of nitrogens with zero attached hydrogens (tertiary/aromatic N) is 1. The quantitative estimate of drug-likeness (QED) is 0.915. The first-order valence-corrected chi connectivity index (χ1v) is 7.67. The van der Waals surface area contributed by atoms with Crippen LogP contribution in [0.3, 0.4) is 0 Å². The van der Waals surface area contributed by atoms with E-state index in [1.54, 1.807) is 0 Å². The summed E-state index contributed by atoms with van der Waals surface area (Å²) in [5.74, 6) is 1.05. The van der Waals surface area contributed by atoms with Gasteiger partial charge in [-0.25, -0.2) is 0 Å². The fraction of sp³-hybridized carbons (Fsp3) is 0.647. The molecule has 0 amide bonds. The van der Waals surface area contributed by atoms with E-state index in [9.17, 15) is 0 Å². The van der Waals surface area contributed by atoms with E-state index in [-0.39, 0.29) is 5.41 Å². The lowest BCUT2D eigenvalue weighted by atomic mass is 9.86. The third kappa shape index (κ3) is 3.97. The van der Waals surface area contributed by atoms with Gasteiger partial charge in [0.2, 0.25) is 0 Å². The Balaban J connectivity index is 2.06. The van der Waals surface area contributed by atoms with E-state index in [2.05, 4.69) is 56.1 Å². The molecule has 1 aliphatic heterocycles. The van der Waals surface area contributed by atoms with Gasteiger partial charge in [-0.15, -0.1) is 0 Å². The SMILES string of the molecule is CCNC(CN1CCOc2ccccc2C1)C(C)(C)C. The molecule has 0 radical (unpaired) electrons. The van der Waals surface area contributed by atoms with Crippen molar-refractivity contribution in [3.63, 3.8) is 0 Å². The highest BCUT2D eigenvalue weighted by Gasteiger charge is 2.27. The van der Waals surface area contributed by atoms with Gasteiger partial charge in [0, 0.05) is 31.2 Å². The van der Waals surface area contributed by atoms with Gasteiger partial charge >= 0.3 is 0 Å². The molecule has 0 spiro atoms. The van der Waals surface area contributed by atoms with Crippen molar-refractivity contribution in [2.45, 2.75) is 40.3 Å². The van der Waals surface area contributed by atoms with Crippen LogP contribution in [0.4, 0.5) is 0 Å². The lowest BCUT2D eigenvalue weighted by molar-refractivity contribution is 0.158. The van der Waals surface area contributed by atoms with Crippen LogP contribution in [0.15, 0.2) is 24.3 Å². The molecule has 1 aromatic rings. The van der Waals surface area contributed by atoms with Gasteiger partial charge in [-0.1, -0.05) is 45.9 Å². The average molecular weight is 276 g/mol. The molecule has 0 fully saturated rings. The van der Waals surface area contributed by atoms with Crippen LogP contribution < -0.4 is 10.1 Å². The average Bonchev–Trinajstić information content (AvgIpc) is 2.58. The first-order valence-electron chi connectivity index (χ1n) is 7.67. The first kappa shape index (κ1) is 15.3. The number of para-hydroxylation sites is 1. The third-order valence-corrected chi connectivity index (χ3v) is 3.97. The molecule has 20 heavy (non-hydrogen) atoms. The highest BCUT2D eigenvalue weighted by molar-refractivity contribution is 5.33. The number of fused-ring (bicyclic) bond motifs is 1. The molecule has 1 heterocycles. The van der Waals surface area contributed by atoms with Gasteiger partial charge < -0.3 is 10.1 Å². The van der Waals surface area contributed by atoms with Gasteiger partial charge in [0.25, 0.3) is 0 Å². The summed E-state index contributed by atoms with van der Waals surface area (Å²) >= 11 is 0. The fourth-order valence-electron chi connectivity index (χ4n) is 2.68. The van der Waals surface area contributed by atoms with Gasteiger partial charge in [0.15, 0.2) is 0 Å². The molecule has 0 aromatic heterocycles. The predicted molar refractivity (Wildman–Crippen MR) is 84.1 cm³/mol. The normalized spacial score (nSPS) is 18.0. The van der Waals surface area contributed by atoms with Crippen molar-refractivity contribution in [3.05, 3.63) is 29.8 Å². The van der Waals surface area contributed by atoms with E-state index in [1.807, 2.05) is 6.07 Å². The Kier molecular flexibility index (Phi) is 5.06. The summed E-state index contributed by atoms with van der Waals surface area (Å²) < 4.78 is 5.84. The van der Waals surface area contributed by atoms with Crippen molar-refractivity contribution in [2.24, 2.45) is 5.41 Å². The summed E-state index contributed by atoms with van der Waals surface area (Å²) in [6, 6.07) is 8.89. The van der Waals surface area contributed by atoms with Crippen LogP contribution in [0.1, 0.15) is 33.3 Å². The topological polar surface area (TPSA) is 24.5 Å². The van der Waals surface area contributed by atoms with Crippen molar-refractivity contribution < 1.29 is 4.74 Å². The van der Waals surface area contributed by atoms with E-state index in [4.69, 9.17) is 4.74 Å². The summed E-state index contributed by atoms with van der Waals surface area (Å²) in [6.07, 6.45) is 0. The van der Waals surface area contributed by atoms with Crippen molar-refractivity contribution in [1.82, 2.24) is 10.2 Å². The second kappa shape index (κ2) is 6.59.